The Morgan fingerprint density at radius 2 is 2.08 bits per heavy atom. The van der Waals surface area contributed by atoms with Gasteiger partial charge in [0.15, 0.2) is 5.13 Å². The largest absolute Gasteiger partial charge is 0.351 e. The van der Waals surface area contributed by atoms with Crippen molar-refractivity contribution in [2.45, 2.75) is 13.3 Å². The average Bonchev–Trinajstić information content (AvgIpc) is 3.23. The summed E-state index contributed by atoms with van der Waals surface area (Å²) in [4.78, 5) is 21.1. The zero-order valence-electron chi connectivity index (χ0n) is 14.0. The van der Waals surface area contributed by atoms with Crippen molar-refractivity contribution in [1.82, 2.24) is 15.0 Å². The van der Waals surface area contributed by atoms with Crippen molar-refractivity contribution >= 4 is 32.6 Å². The average molecular weight is 344 g/mol. The van der Waals surface area contributed by atoms with Crippen LogP contribution in [0.5, 0.6) is 0 Å². The summed E-state index contributed by atoms with van der Waals surface area (Å²) >= 11 is 1.53. The monoisotopic (exact) mass is 344 g/mol. The second-order valence-electron chi connectivity index (χ2n) is 5.79. The normalized spacial score (nSPS) is 11.3. The van der Waals surface area contributed by atoms with Gasteiger partial charge in [-0.25, -0.2) is 4.98 Å². The molecule has 0 bridgehead atoms. The van der Waals surface area contributed by atoms with E-state index in [0.29, 0.717) is 11.7 Å². The van der Waals surface area contributed by atoms with Crippen molar-refractivity contribution in [1.29, 1.82) is 0 Å². The van der Waals surface area contributed by atoms with E-state index in [1.807, 2.05) is 25.1 Å². The predicted octanol–water partition coefficient (Wildman–Crippen LogP) is 3.06. The molecule has 1 aromatic carbocycles. The number of hydrogen-bond donors (Lipinski definition) is 0. The molecule has 0 N–H and O–H groups in total. The molecule has 0 saturated carbocycles. The first-order valence-corrected chi connectivity index (χ1v) is 8.67. The van der Waals surface area contributed by atoms with Gasteiger partial charge in [-0.15, -0.1) is 0 Å². The molecule has 0 radical (unpaired) electrons. The number of carbonyl (C=O) groups excluding carboxylic acids is 1. The molecule has 7 heteroatoms. The van der Waals surface area contributed by atoms with Crippen molar-refractivity contribution in [3.8, 4) is 0 Å². The van der Waals surface area contributed by atoms with Crippen LogP contribution in [0, 0.1) is 0 Å². The second-order valence-corrected chi connectivity index (χ2v) is 6.80. The Bertz CT molecular complexity index is 826. The smallest absolute Gasteiger partial charge is 0.298 e. The molecule has 2 aromatic heterocycles. The van der Waals surface area contributed by atoms with Crippen molar-refractivity contribution in [2.24, 2.45) is 0 Å². The lowest BCUT2D eigenvalue weighted by Gasteiger charge is -2.20. The lowest BCUT2D eigenvalue weighted by molar-refractivity contribution is 0.0949. The van der Waals surface area contributed by atoms with E-state index >= 15 is 0 Å². The highest BCUT2D eigenvalue weighted by Crippen LogP contribution is 2.30. The molecule has 3 rings (SSSR count). The minimum Gasteiger partial charge on any atom is -0.351 e. The summed E-state index contributed by atoms with van der Waals surface area (Å²) in [5.74, 6) is 0.00591. The minimum atomic E-state index is -0.218. The van der Waals surface area contributed by atoms with Gasteiger partial charge < -0.3 is 9.42 Å². The summed E-state index contributed by atoms with van der Waals surface area (Å²) < 4.78 is 6.12. The summed E-state index contributed by atoms with van der Waals surface area (Å²) in [7, 11) is 3.95. The Morgan fingerprint density at radius 1 is 1.25 bits per heavy atom. The van der Waals surface area contributed by atoms with Crippen LogP contribution in [0.15, 0.2) is 35.0 Å². The van der Waals surface area contributed by atoms with Crippen LogP contribution in [-0.4, -0.2) is 48.1 Å². The number of likely N-dealkylation sites (N-methyl/N-ethyl adjacent to an activating group) is 1. The number of benzene rings is 1. The van der Waals surface area contributed by atoms with Gasteiger partial charge in [0, 0.05) is 19.2 Å². The molecule has 0 fully saturated rings. The summed E-state index contributed by atoms with van der Waals surface area (Å²) in [6, 6.07) is 7.80. The van der Waals surface area contributed by atoms with E-state index in [4.69, 9.17) is 4.52 Å². The number of rotatable bonds is 6. The van der Waals surface area contributed by atoms with Crippen LogP contribution in [0.25, 0.3) is 10.2 Å². The number of amides is 1. The molecule has 0 aliphatic carbocycles. The molecule has 0 atom stereocenters. The lowest BCUT2D eigenvalue weighted by Crippen LogP contribution is -2.36. The van der Waals surface area contributed by atoms with Crippen LogP contribution in [0.3, 0.4) is 0 Å². The fourth-order valence-corrected chi connectivity index (χ4v) is 3.39. The van der Waals surface area contributed by atoms with Gasteiger partial charge in [-0.3, -0.25) is 9.69 Å². The van der Waals surface area contributed by atoms with E-state index in [1.165, 1.54) is 23.1 Å². The molecular formula is C17H20N4O2S. The van der Waals surface area contributed by atoms with E-state index < -0.39 is 0 Å². The number of carbonyl (C=O) groups is 1. The Kier molecular flexibility index (Phi) is 4.92. The summed E-state index contributed by atoms with van der Waals surface area (Å²) in [5, 5.41) is 4.31. The third-order valence-corrected chi connectivity index (χ3v) is 4.79. The van der Waals surface area contributed by atoms with Gasteiger partial charge in [0.1, 0.15) is 0 Å². The van der Waals surface area contributed by atoms with E-state index in [1.54, 1.807) is 11.0 Å². The topological polar surface area (TPSA) is 62.5 Å². The highest BCUT2D eigenvalue weighted by atomic mass is 32.1. The van der Waals surface area contributed by atoms with E-state index in [9.17, 15) is 4.79 Å². The van der Waals surface area contributed by atoms with E-state index in [0.717, 1.165) is 23.2 Å². The Balaban J connectivity index is 1.96. The summed E-state index contributed by atoms with van der Waals surface area (Å²) in [6.07, 6.45) is 2.45. The number of aromatic nitrogens is 2. The molecule has 126 valence electrons. The van der Waals surface area contributed by atoms with Gasteiger partial charge >= 0.3 is 0 Å². The summed E-state index contributed by atoms with van der Waals surface area (Å²) in [5.41, 5.74) is 2.17. The molecule has 0 saturated heterocycles. The highest BCUT2D eigenvalue weighted by molar-refractivity contribution is 7.22. The quantitative estimate of drug-likeness (QED) is 0.688. The molecule has 2 heterocycles. The van der Waals surface area contributed by atoms with Crippen LogP contribution in [-0.2, 0) is 6.42 Å². The number of aryl methyl sites for hydroxylation is 1. The Labute approximate surface area is 144 Å². The van der Waals surface area contributed by atoms with Gasteiger partial charge in [0.25, 0.3) is 5.91 Å². The van der Waals surface area contributed by atoms with Crippen LogP contribution in [0.1, 0.15) is 23.0 Å². The lowest BCUT2D eigenvalue weighted by atomic mass is 10.2. The molecule has 0 spiro atoms. The SMILES string of the molecule is CCc1ccc2nc(N(CCN(C)C)C(=O)c3ccno3)sc2c1. The van der Waals surface area contributed by atoms with Gasteiger partial charge in [-0.1, -0.05) is 29.5 Å². The first kappa shape index (κ1) is 16.6. The fraction of sp³-hybridized carbons (Fsp3) is 0.353. The van der Waals surface area contributed by atoms with Crippen LogP contribution in [0.2, 0.25) is 0 Å². The standard InChI is InChI=1S/C17H20N4O2S/c1-4-12-5-6-13-15(11-12)24-17(19-13)21(10-9-20(2)3)16(22)14-7-8-18-23-14/h5-8,11H,4,9-10H2,1-3H3. The maximum atomic E-state index is 12.8. The van der Waals surface area contributed by atoms with E-state index in [2.05, 4.69) is 29.2 Å². The molecule has 6 nitrogen and oxygen atoms in total. The number of fused-ring (bicyclic) bond motifs is 1. The zero-order valence-corrected chi connectivity index (χ0v) is 14.8. The van der Waals surface area contributed by atoms with Crippen LogP contribution < -0.4 is 4.90 Å². The van der Waals surface area contributed by atoms with Crippen molar-refractivity contribution in [2.75, 3.05) is 32.1 Å². The number of nitrogens with zero attached hydrogens (tertiary/aromatic N) is 4. The fourth-order valence-electron chi connectivity index (χ4n) is 2.34. The first-order chi connectivity index (χ1) is 11.6. The first-order valence-electron chi connectivity index (χ1n) is 7.85. The molecular weight excluding hydrogens is 324 g/mol. The van der Waals surface area contributed by atoms with Gasteiger partial charge in [-0.05, 0) is 38.2 Å². The van der Waals surface area contributed by atoms with Gasteiger partial charge in [0.2, 0.25) is 5.76 Å². The highest BCUT2D eigenvalue weighted by Gasteiger charge is 2.23. The molecule has 0 unspecified atom stereocenters. The maximum Gasteiger partial charge on any atom is 0.298 e. The molecule has 1 amide bonds. The third kappa shape index (κ3) is 3.47. The minimum absolute atomic E-state index is 0.218. The predicted molar refractivity (Wildman–Crippen MR) is 95.7 cm³/mol. The molecule has 3 aromatic rings. The van der Waals surface area contributed by atoms with E-state index in [-0.39, 0.29) is 11.7 Å². The number of hydrogen-bond acceptors (Lipinski definition) is 6. The maximum absolute atomic E-state index is 12.8. The molecule has 0 aliphatic rings. The second kappa shape index (κ2) is 7.11. The van der Waals surface area contributed by atoms with Gasteiger partial charge in [0.05, 0.1) is 16.4 Å². The summed E-state index contributed by atoms with van der Waals surface area (Å²) in [6.45, 7) is 3.39. The van der Waals surface area contributed by atoms with Crippen molar-refractivity contribution in [3.63, 3.8) is 0 Å². The molecule has 0 aliphatic heterocycles. The van der Waals surface area contributed by atoms with Crippen LogP contribution >= 0.6 is 11.3 Å². The van der Waals surface area contributed by atoms with Crippen molar-refractivity contribution < 1.29 is 9.32 Å². The number of thiazole rings is 1. The van der Waals surface area contributed by atoms with Gasteiger partial charge in [-0.2, -0.15) is 0 Å². The van der Waals surface area contributed by atoms with Crippen molar-refractivity contribution in [3.05, 3.63) is 41.8 Å². The van der Waals surface area contributed by atoms with Crippen LogP contribution in [0.4, 0.5) is 5.13 Å². The molecule has 24 heavy (non-hydrogen) atoms. The Morgan fingerprint density at radius 3 is 2.75 bits per heavy atom. The number of anilines is 1. The third-order valence-electron chi connectivity index (χ3n) is 3.75. The Hall–Kier alpha value is -2.25. The zero-order chi connectivity index (χ0) is 17.1.